The van der Waals surface area contributed by atoms with Crippen LogP contribution < -0.4 is 5.43 Å². The molecule has 0 rings (SSSR count). The van der Waals surface area contributed by atoms with Crippen molar-refractivity contribution >= 4 is 5.71 Å². The maximum Gasteiger partial charge on any atom is 0.0574 e. The van der Waals surface area contributed by atoms with Gasteiger partial charge in [0.15, 0.2) is 0 Å². The molecule has 0 aliphatic rings. The van der Waals surface area contributed by atoms with Gasteiger partial charge in [-0.3, -0.25) is 0 Å². The molecule has 1 N–H and O–H groups in total. The largest absolute Gasteiger partial charge is 0.313 e. The molecule has 0 saturated carbocycles. The van der Waals surface area contributed by atoms with Crippen LogP contribution in [0, 0.1) is 0 Å². The van der Waals surface area contributed by atoms with E-state index in [0.29, 0.717) is 0 Å². The number of hydrazone groups is 1. The van der Waals surface area contributed by atoms with Crippen LogP contribution in [0.25, 0.3) is 0 Å². The van der Waals surface area contributed by atoms with Crippen molar-refractivity contribution in [2.75, 3.05) is 7.05 Å². The van der Waals surface area contributed by atoms with Gasteiger partial charge in [0.05, 0.1) is 5.71 Å². The van der Waals surface area contributed by atoms with Gasteiger partial charge in [-0.15, -0.1) is 0 Å². The summed E-state index contributed by atoms with van der Waals surface area (Å²) >= 11 is 0. The van der Waals surface area contributed by atoms with Crippen molar-refractivity contribution in [1.29, 1.82) is 0 Å². The first-order valence-electron chi connectivity index (χ1n) is 3.22. The van der Waals surface area contributed by atoms with E-state index in [1.807, 2.05) is 19.9 Å². The second-order valence-corrected chi connectivity index (χ2v) is 2.07. The highest BCUT2D eigenvalue weighted by molar-refractivity contribution is 5.93. The van der Waals surface area contributed by atoms with Gasteiger partial charge in [0, 0.05) is 7.05 Å². The molecule has 0 atom stereocenters. The summed E-state index contributed by atoms with van der Waals surface area (Å²) in [7, 11) is 1.78. The first-order valence-corrected chi connectivity index (χ1v) is 3.22. The summed E-state index contributed by atoms with van der Waals surface area (Å²) < 4.78 is 0. The Labute approximate surface area is 62.3 Å². The van der Waals surface area contributed by atoms with Crippen molar-refractivity contribution in [1.82, 2.24) is 5.43 Å². The molecule has 0 aromatic rings. The fraction of sp³-hybridized carbons (Fsp3) is 0.375. The normalized spacial score (nSPS) is 13.1. The zero-order valence-corrected chi connectivity index (χ0v) is 6.81. The van der Waals surface area contributed by atoms with Crippen LogP contribution in [-0.4, -0.2) is 12.8 Å². The molecule has 0 aliphatic heterocycles. The van der Waals surface area contributed by atoms with Gasteiger partial charge in [-0.25, -0.2) is 0 Å². The lowest BCUT2D eigenvalue weighted by Crippen LogP contribution is -1.98. The van der Waals surface area contributed by atoms with E-state index in [1.54, 1.807) is 13.1 Å². The van der Waals surface area contributed by atoms with Gasteiger partial charge in [0.2, 0.25) is 0 Å². The van der Waals surface area contributed by atoms with E-state index in [1.165, 1.54) is 0 Å². The van der Waals surface area contributed by atoms with E-state index in [4.69, 9.17) is 0 Å². The van der Waals surface area contributed by atoms with Crippen LogP contribution in [0.3, 0.4) is 0 Å². The summed E-state index contributed by atoms with van der Waals surface area (Å²) in [6.07, 6.45) is 3.76. The molecule has 0 radical (unpaired) electrons. The Balaban J connectivity index is 4.11. The molecule has 0 saturated heterocycles. The molecule has 0 bridgehead atoms. The summed E-state index contributed by atoms with van der Waals surface area (Å²) in [6, 6.07) is 0. The molecule has 2 heteroatoms. The maximum atomic E-state index is 3.96. The monoisotopic (exact) mass is 138 g/mol. The quantitative estimate of drug-likeness (QED) is 0.358. The molecule has 0 spiro atoms. The zero-order chi connectivity index (χ0) is 7.98. The molecule has 0 aliphatic carbocycles. The summed E-state index contributed by atoms with van der Waals surface area (Å²) in [5, 5.41) is 3.96. The smallest absolute Gasteiger partial charge is 0.0574 e. The minimum absolute atomic E-state index is 0.958. The van der Waals surface area contributed by atoms with Crippen molar-refractivity contribution in [3.63, 3.8) is 0 Å². The van der Waals surface area contributed by atoms with Crippen molar-refractivity contribution in [2.45, 2.75) is 13.8 Å². The number of nitrogens with zero attached hydrogens (tertiary/aromatic N) is 1. The van der Waals surface area contributed by atoms with Crippen LogP contribution in [0.1, 0.15) is 13.8 Å². The van der Waals surface area contributed by atoms with Gasteiger partial charge in [-0.05, 0) is 25.5 Å². The number of allylic oxidation sites excluding steroid dienone is 3. The van der Waals surface area contributed by atoms with Gasteiger partial charge in [-0.1, -0.05) is 12.7 Å². The summed E-state index contributed by atoms with van der Waals surface area (Å²) in [5.41, 5.74) is 4.79. The third-order valence-corrected chi connectivity index (χ3v) is 1.05. The number of hydrogen-bond acceptors (Lipinski definition) is 2. The first kappa shape index (κ1) is 8.95. The van der Waals surface area contributed by atoms with Crippen LogP contribution in [0.15, 0.2) is 29.4 Å². The zero-order valence-electron chi connectivity index (χ0n) is 6.81. The number of rotatable bonds is 3. The fourth-order valence-corrected chi connectivity index (χ4v) is 0.597. The van der Waals surface area contributed by atoms with Gasteiger partial charge >= 0.3 is 0 Å². The lowest BCUT2D eigenvalue weighted by atomic mass is 10.2. The average Bonchev–Trinajstić information content (AvgIpc) is 1.88. The second-order valence-electron chi connectivity index (χ2n) is 2.07. The third kappa shape index (κ3) is 3.89. The van der Waals surface area contributed by atoms with Crippen LogP contribution in [0.5, 0.6) is 0 Å². The third-order valence-electron chi connectivity index (χ3n) is 1.05. The SMILES string of the molecule is C=C/C(C)=C\C(C)=N/NC. The Morgan fingerprint density at radius 3 is 2.50 bits per heavy atom. The Bertz CT molecular complexity index is 166. The predicted molar refractivity (Wildman–Crippen MR) is 46.1 cm³/mol. The molecular formula is C8H14N2. The highest BCUT2D eigenvalue weighted by atomic mass is 15.3. The Morgan fingerprint density at radius 1 is 1.50 bits per heavy atom. The van der Waals surface area contributed by atoms with E-state index >= 15 is 0 Å². The van der Waals surface area contributed by atoms with Crippen molar-refractivity contribution in [3.8, 4) is 0 Å². The lowest BCUT2D eigenvalue weighted by molar-refractivity contribution is 0.901. The number of nitrogens with one attached hydrogen (secondary N) is 1. The molecular weight excluding hydrogens is 124 g/mol. The molecule has 0 aromatic carbocycles. The fourth-order valence-electron chi connectivity index (χ4n) is 0.597. The molecule has 56 valence electrons. The molecule has 2 nitrogen and oxygen atoms in total. The van der Waals surface area contributed by atoms with E-state index in [-0.39, 0.29) is 0 Å². The molecule has 10 heavy (non-hydrogen) atoms. The number of hydrogen-bond donors (Lipinski definition) is 1. The van der Waals surface area contributed by atoms with Crippen molar-refractivity contribution in [3.05, 3.63) is 24.3 Å². The predicted octanol–water partition coefficient (Wildman–Crippen LogP) is 1.71. The molecule has 0 unspecified atom stereocenters. The maximum absolute atomic E-state index is 3.96. The molecule has 0 amide bonds. The van der Waals surface area contributed by atoms with Crippen LogP contribution >= 0.6 is 0 Å². The van der Waals surface area contributed by atoms with Crippen LogP contribution in [0.2, 0.25) is 0 Å². The van der Waals surface area contributed by atoms with Gasteiger partial charge in [0.25, 0.3) is 0 Å². The van der Waals surface area contributed by atoms with Gasteiger partial charge < -0.3 is 5.43 Å². The average molecular weight is 138 g/mol. The first-order chi connectivity index (χ1) is 4.70. The molecule has 0 aromatic heterocycles. The van der Waals surface area contributed by atoms with Crippen LogP contribution in [-0.2, 0) is 0 Å². The van der Waals surface area contributed by atoms with Gasteiger partial charge in [0.1, 0.15) is 0 Å². The summed E-state index contributed by atoms with van der Waals surface area (Å²) in [4.78, 5) is 0. The van der Waals surface area contributed by atoms with Crippen molar-refractivity contribution in [2.24, 2.45) is 5.10 Å². The minimum Gasteiger partial charge on any atom is -0.313 e. The highest BCUT2D eigenvalue weighted by Gasteiger charge is 1.83. The second kappa shape index (κ2) is 4.79. The Kier molecular flexibility index (Phi) is 4.29. The molecule has 0 fully saturated rings. The van der Waals surface area contributed by atoms with E-state index in [0.717, 1.165) is 11.3 Å². The summed E-state index contributed by atoms with van der Waals surface area (Å²) in [5.74, 6) is 0. The lowest BCUT2D eigenvalue weighted by Gasteiger charge is -1.92. The van der Waals surface area contributed by atoms with E-state index in [9.17, 15) is 0 Å². The Hall–Kier alpha value is -1.05. The van der Waals surface area contributed by atoms with E-state index < -0.39 is 0 Å². The highest BCUT2D eigenvalue weighted by Crippen LogP contribution is 1.92. The van der Waals surface area contributed by atoms with Crippen molar-refractivity contribution < 1.29 is 0 Å². The van der Waals surface area contributed by atoms with Crippen LogP contribution in [0.4, 0.5) is 0 Å². The summed E-state index contributed by atoms with van der Waals surface area (Å²) in [6.45, 7) is 7.55. The topological polar surface area (TPSA) is 24.4 Å². The van der Waals surface area contributed by atoms with Gasteiger partial charge in [-0.2, -0.15) is 5.10 Å². The molecule has 0 heterocycles. The minimum atomic E-state index is 0.958. The standard InChI is InChI=1S/C8H14N2/c1-5-7(2)6-8(3)10-9-4/h5-6,9H,1H2,2-4H3/b7-6-,10-8-. The van der Waals surface area contributed by atoms with E-state index in [2.05, 4.69) is 17.1 Å². The Morgan fingerprint density at radius 2 is 2.10 bits per heavy atom.